The van der Waals surface area contributed by atoms with Crippen LogP contribution in [0, 0.1) is 22.7 Å². The highest BCUT2D eigenvalue weighted by atomic mass is 19.4. The molecule has 0 N–H and O–H groups in total. The molecular weight excluding hydrogens is 1490 g/mol. The molecule has 0 spiro atoms. The molecule has 0 unspecified atom stereocenters. The van der Waals surface area contributed by atoms with Gasteiger partial charge in [-0.05, 0) is 189 Å². The largest absolute Gasteiger partial charge is 0.417 e. The van der Waals surface area contributed by atoms with E-state index in [0.29, 0.717) is 42.5 Å². The maximum Gasteiger partial charge on any atom is 0.417 e. The van der Waals surface area contributed by atoms with Crippen LogP contribution in [-0.4, -0.2) is 9.13 Å². The minimum atomic E-state index is -5.63. The summed E-state index contributed by atoms with van der Waals surface area (Å²) in [5.74, 6) is 0. The molecule has 0 aliphatic heterocycles. The van der Waals surface area contributed by atoms with Crippen LogP contribution in [0.1, 0.15) is 61.2 Å². The number of hydrogen-bond acceptors (Lipinski definition) is 2. The molecule has 0 saturated carbocycles. The highest BCUT2D eigenvalue weighted by Gasteiger charge is 2.44. The molecule has 0 radical (unpaired) electrons. The van der Waals surface area contributed by atoms with Gasteiger partial charge in [-0.2, -0.15) is 129 Å². The summed E-state index contributed by atoms with van der Waals surface area (Å²) in [5, 5.41) is 19.9. The Bertz CT molecular complexity index is 5820. The molecule has 31 heteroatoms. The zero-order valence-electron chi connectivity index (χ0n) is 53.0. The predicted octanol–water partition coefficient (Wildman–Crippen LogP) is 26.8. The van der Waals surface area contributed by atoms with Gasteiger partial charge in [0.15, 0.2) is 0 Å². The van der Waals surface area contributed by atoms with Crippen molar-refractivity contribution < 1.29 is 119 Å². The number of nitriles is 2. The van der Waals surface area contributed by atoms with Crippen molar-refractivity contribution in [2.45, 2.75) is 55.6 Å². The Morgan fingerprint density at radius 2 is 0.481 bits per heavy atom. The zero-order chi connectivity index (χ0) is 78.5. The number of hydrogen-bond donors (Lipinski definition) is 0. The minimum absolute atomic E-state index is 0.0385. The van der Waals surface area contributed by atoms with E-state index in [1.165, 1.54) is 41.0 Å². The van der Waals surface area contributed by atoms with Crippen LogP contribution in [0.25, 0.3) is 122 Å². The van der Waals surface area contributed by atoms with Gasteiger partial charge in [0.1, 0.15) is 0 Å². The number of alkyl halides is 27. The van der Waals surface area contributed by atoms with Gasteiger partial charge < -0.3 is 9.13 Å². The Morgan fingerprint density at radius 1 is 0.213 bits per heavy atom. The van der Waals surface area contributed by atoms with Crippen LogP contribution in [0.4, 0.5) is 119 Å². The van der Waals surface area contributed by atoms with E-state index in [-0.39, 0.29) is 120 Å². The van der Waals surface area contributed by atoms with Gasteiger partial charge in [0.25, 0.3) is 0 Å². The summed E-state index contributed by atoms with van der Waals surface area (Å²) in [7, 11) is 0. The fraction of sp³-hybridized carbons (Fsp3) is 0.117. The molecule has 0 amide bonds. The lowest BCUT2D eigenvalue weighted by Gasteiger charge is -2.21. The SMILES string of the molecule is N#Cc1ccc(-n2c3ccc(-c4ccc(C(F)(F)F)cc4C#N)cc3c3cc(-c4ccc(C(F)(F)F)cc4C(F)(F)F)ccc32)c(-c2ccc(-c3ccc(C(F)(F)F)cc3C(F)(F)F)cc2-n2c3ccc(-c4ccc(C(F)(F)F)cc4C(F)(F)F)cc3c3cc(-c4ccc(C(F)(F)F)cc4C(F)(F)F)ccc32)c1. The standard InChI is InChI=1S/C77H33F27N4/c78-69(79,80)43-7-13-48(42(24-43)35-106)37-3-19-64-55(25-37)56-26-38(49-14-8-44(70(81,82)83)30-59(49)74(93,94)95)4-20-65(56)107(64)63-18-1-36(34-105)23-54(63)53-12-2-41(52-17-11-47(73(90,91)92)33-62(52)77(102,103)104)29-68(53)108-66-21-5-39(50-15-9-45(71(84,85)86)31-60(50)75(96,97)98)27-57(66)58-28-40(6-22-67(58)108)51-16-10-46(72(87,88)89)32-61(51)76(99,100)101/h1-33H. The average molecular weight is 1530 g/mol. The summed E-state index contributed by atoms with van der Waals surface area (Å²) < 4.78 is 396. The van der Waals surface area contributed by atoms with E-state index in [1.807, 2.05) is 6.07 Å². The van der Waals surface area contributed by atoms with Crippen LogP contribution < -0.4 is 0 Å². The number of benzene rings is 11. The van der Waals surface area contributed by atoms with Crippen LogP contribution in [0.2, 0.25) is 0 Å². The van der Waals surface area contributed by atoms with Crippen LogP contribution in [0.5, 0.6) is 0 Å². The minimum Gasteiger partial charge on any atom is -0.309 e. The highest BCUT2D eigenvalue weighted by molar-refractivity contribution is 6.14. The van der Waals surface area contributed by atoms with E-state index in [4.69, 9.17) is 0 Å². The molecule has 0 saturated heterocycles. The molecule has 13 aromatic rings. The molecule has 550 valence electrons. The molecule has 108 heavy (non-hydrogen) atoms. The van der Waals surface area contributed by atoms with Gasteiger partial charge >= 0.3 is 55.6 Å². The molecule has 0 aliphatic carbocycles. The van der Waals surface area contributed by atoms with Crippen molar-refractivity contribution in [2.75, 3.05) is 0 Å². The molecular formula is C77H33F27N4. The van der Waals surface area contributed by atoms with Gasteiger partial charge in [-0.3, -0.25) is 0 Å². The second-order valence-corrected chi connectivity index (χ2v) is 24.6. The molecule has 2 aromatic heterocycles. The summed E-state index contributed by atoms with van der Waals surface area (Å²) in [6, 6.07) is 27.1. The van der Waals surface area contributed by atoms with Gasteiger partial charge in [0.2, 0.25) is 0 Å². The zero-order valence-corrected chi connectivity index (χ0v) is 53.0. The van der Waals surface area contributed by atoms with E-state index in [0.717, 1.165) is 83.4 Å². The van der Waals surface area contributed by atoms with E-state index >= 15 is 39.5 Å². The first-order chi connectivity index (χ1) is 50.1. The van der Waals surface area contributed by atoms with Gasteiger partial charge in [-0.15, -0.1) is 0 Å². The first-order valence-corrected chi connectivity index (χ1v) is 30.8. The fourth-order valence-corrected chi connectivity index (χ4v) is 13.3. The van der Waals surface area contributed by atoms with Crippen molar-refractivity contribution in [3.05, 3.63) is 261 Å². The summed E-state index contributed by atoms with van der Waals surface area (Å²) in [4.78, 5) is 0. The lowest BCUT2D eigenvalue weighted by atomic mass is 9.92. The van der Waals surface area contributed by atoms with Crippen molar-refractivity contribution >= 4 is 43.6 Å². The summed E-state index contributed by atoms with van der Waals surface area (Å²) in [6.45, 7) is 0. The first kappa shape index (κ1) is 74.4. The van der Waals surface area contributed by atoms with Crippen molar-refractivity contribution in [3.63, 3.8) is 0 Å². The molecule has 4 nitrogen and oxygen atoms in total. The molecule has 0 bridgehead atoms. The maximum atomic E-state index is 15.4. The molecule has 11 aromatic carbocycles. The van der Waals surface area contributed by atoms with Gasteiger partial charge in [-0.25, -0.2) is 0 Å². The highest BCUT2D eigenvalue weighted by Crippen LogP contribution is 2.52. The number of rotatable bonds is 8. The quantitative estimate of drug-likeness (QED) is 0.142. The fourth-order valence-electron chi connectivity index (χ4n) is 13.3. The Hall–Kier alpha value is -11.9. The molecule has 0 atom stereocenters. The van der Waals surface area contributed by atoms with E-state index in [1.54, 1.807) is 6.07 Å². The maximum absolute atomic E-state index is 15.4. The second-order valence-electron chi connectivity index (χ2n) is 24.6. The Labute approximate surface area is 587 Å². The van der Waals surface area contributed by atoms with E-state index < -0.39 is 161 Å². The molecule has 13 rings (SSSR count). The Morgan fingerprint density at radius 3 is 0.778 bits per heavy atom. The summed E-state index contributed by atoms with van der Waals surface area (Å²) in [6.07, 6.45) is -48.7. The van der Waals surface area contributed by atoms with Crippen molar-refractivity contribution in [3.8, 4) is 90.3 Å². The monoisotopic (exact) mass is 1530 g/mol. The topological polar surface area (TPSA) is 57.4 Å². The van der Waals surface area contributed by atoms with Gasteiger partial charge in [-0.1, -0.05) is 66.7 Å². The smallest absolute Gasteiger partial charge is 0.309 e. The average Bonchev–Trinajstić information content (AvgIpc) is 1.55. The lowest BCUT2D eigenvalue weighted by molar-refractivity contribution is -0.144. The van der Waals surface area contributed by atoms with Crippen molar-refractivity contribution in [2.24, 2.45) is 0 Å². The predicted molar refractivity (Wildman–Crippen MR) is 342 cm³/mol. The normalized spacial score (nSPS) is 13.1. The third kappa shape index (κ3) is 13.6. The third-order valence-electron chi connectivity index (χ3n) is 18.1. The number of fused-ring (bicyclic) bond motifs is 6. The number of halogens is 27. The third-order valence-corrected chi connectivity index (χ3v) is 18.1. The lowest BCUT2D eigenvalue weighted by Crippen LogP contribution is -2.12. The van der Waals surface area contributed by atoms with Crippen LogP contribution in [0.15, 0.2) is 200 Å². The Balaban J connectivity index is 1.16. The van der Waals surface area contributed by atoms with Gasteiger partial charge in [0.05, 0.1) is 107 Å². The molecule has 0 aliphatic rings. The van der Waals surface area contributed by atoms with Gasteiger partial charge in [0, 0.05) is 32.7 Å². The summed E-state index contributed by atoms with van der Waals surface area (Å²) in [5.41, 5.74) is -24.8. The number of aromatic nitrogens is 2. The van der Waals surface area contributed by atoms with Crippen molar-refractivity contribution in [1.82, 2.24) is 9.13 Å². The Kier molecular flexibility index (Phi) is 17.5. The molecule has 0 fully saturated rings. The van der Waals surface area contributed by atoms with E-state index in [2.05, 4.69) is 0 Å². The second kappa shape index (κ2) is 25.4. The van der Waals surface area contributed by atoms with E-state index in [9.17, 15) is 89.6 Å². The summed E-state index contributed by atoms with van der Waals surface area (Å²) >= 11 is 0. The molecule has 2 heterocycles. The first-order valence-electron chi connectivity index (χ1n) is 30.8. The van der Waals surface area contributed by atoms with Crippen LogP contribution in [0.3, 0.4) is 0 Å². The van der Waals surface area contributed by atoms with Crippen LogP contribution >= 0.6 is 0 Å². The number of nitrogens with zero attached hydrogens (tertiary/aromatic N) is 4. The van der Waals surface area contributed by atoms with Crippen LogP contribution in [-0.2, 0) is 55.6 Å². The van der Waals surface area contributed by atoms with Crippen molar-refractivity contribution in [1.29, 1.82) is 10.5 Å².